The molecule has 0 heterocycles. The monoisotopic (exact) mass is 241 g/mol. The van der Waals surface area contributed by atoms with E-state index in [4.69, 9.17) is 23.7 Å². The fraction of sp³-hybridized carbons (Fsp3) is 0.750. The van der Waals surface area contributed by atoms with Gasteiger partial charge in [-0.2, -0.15) is 0 Å². The molecule has 0 aromatic rings. The fourth-order valence-electron chi connectivity index (χ4n) is 2.27. The Labute approximate surface area is 104 Å². The molecule has 3 nitrogen and oxygen atoms in total. The van der Waals surface area contributed by atoms with Gasteiger partial charge in [0, 0.05) is 18.6 Å². The Morgan fingerprint density at radius 3 is 2.38 bits per heavy atom. The van der Waals surface area contributed by atoms with Crippen LogP contribution in [0.1, 0.15) is 39.5 Å². The van der Waals surface area contributed by atoms with Crippen LogP contribution in [0.5, 0.6) is 0 Å². The van der Waals surface area contributed by atoms with Gasteiger partial charge in [0.1, 0.15) is 4.99 Å². The SMILES string of the molecule is C/C=C(\N)C(=S)N(CC)C1CCC(N)CC1. The number of hydrogen-bond donors (Lipinski definition) is 2. The lowest BCUT2D eigenvalue weighted by atomic mass is 9.90. The van der Waals surface area contributed by atoms with Crippen LogP contribution in [0.3, 0.4) is 0 Å². The van der Waals surface area contributed by atoms with E-state index in [1.807, 2.05) is 13.0 Å². The number of thiocarbonyl (C=S) groups is 1. The summed E-state index contributed by atoms with van der Waals surface area (Å²) in [4.78, 5) is 3.04. The van der Waals surface area contributed by atoms with E-state index in [9.17, 15) is 0 Å². The van der Waals surface area contributed by atoms with Crippen molar-refractivity contribution in [3.63, 3.8) is 0 Å². The molecule has 1 saturated carbocycles. The molecular formula is C12H23N3S. The molecule has 92 valence electrons. The van der Waals surface area contributed by atoms with Gasteiger partial charge in [-0.3, -0.25) is 0 Å². The normalized spacial score (nSPS) is 26.6. The summed E-state index contributed by atoms with van der Waals surface area (Å²) < 4.78 is 0. The highest BCUT2D eigenvalue weighted by molar-refractivity contribution is 7.80. The van der Waals surface area contributed by atoms with Gasteiger partial charge in [-0.05, 0) is 39.5 Å². The topological polar surface area (TPSA) is 55.3 Å². The second kappa shape index (κ2) is 6.21. The van der Waals surface area contributed by atoms with E-state index >= 15 is 0 Å². The molecule has 0 unspecified atom stereocenters. The maximum Gasteiger partial charge on any atom is 0.125 e. The highest BCUT2D eigenvalue weighted by atomic mass is 32.1. The van der Waals surface area contributed by atoms with E-state index in [-0.39, 0.29) is 0 Å². The molecular weight excluding hydrogens is 218 g/mol. The van der Waals surface area contributed by atoms with Gasteiger partial charge in [0.25, 0.3) is 0 Å². The van der Waals surface area contributed by atoms with E-state index < -0.39 is 0 Å². The smallest absolute Gasteiger partial charge is 0.125 e. The van der Waals surface area contributed by atoms with Crippen LogP contribution in [0.15, 0.2) is 11.8 Å². The van der Waals surface area contributed by atoms with E-state index in [1.54, 1.807) is 0 Å². The summed E-state index contributed by atoms with van der Waals surface area (Å²) in [6.07, 6.45) is 6.33. The molecule has 0 aliphatic heterocycles. The molecule has 0 spiro atoms. The maximum absolute atomic E-state index is 5.91. The summed E-state index contributed by atoms with van der Waals surface area (Å²) in [5, 5.41) is 0. The number of hydrogen-bond acceptors (Lipinski definition) is 3. The first-order chi connectivity index (χ1) is 7.60. The predicted octanol–water partition coefficient (Wildman–Crippen LogP) is 1.77. The summed E-state index contributed by atoms with van der Waals surface area (Å²) in [6.45, 7) is 4.98. The Kier molecular flexibility index (Phi) is 5.22. The highest BCUT2D eigenvalue weighted by Crippen LogP contribution is 2.23. The predicted molar refractivity (Wildman–Crippen MR) is 73.2 cm³/mol. The molecule has 0 radical (unpaired) electrons. The first kappa shape index (κ1) is 13.5. The Morgan fingerprint density at radius 2 is 1.94 bits per heavy atom. The number of nitrogens with two attached hydrogens (primary N) is 2. The van der Waals surface area contributed by atoms with Crippen LogP contribution in [0.2, 0.25) is 0 Å². The molecule has 0 bridgehead atoms. The van der Waals surface area contributed by atoms with Crippen molar-refractivity contribution in [2.45, 2.75) is 51.6 Å². The van der Waals surface area contributed by atoms with Crippen molar-refractivity contribution >= 4 is 17.2 Å². The van der Waals surface area contributed by atoms with Gasteiger partial charge in [0.05, 0.1) is 5.70 Å². The Bertz CT molecular complexity index is 267. The van der Waals surface area contributed by atoms with Gasteiger partial charge < -0.3 is 16.4 Å². The molecule has 0 atom stereocenters. The van der Waals surface area contributed by atoms with Gasteiger partial charge >= 0.3 is 0 Å². The first-order valence-corrected chi connectivity index (χ1v) is 6.49. The average molecular weight is 241 g/mol. The molecule has 0 aromatic heterocycles. The quantitative estimate of drug-likeness (QED) is 0.584. The third kappa shape index (κ3) is 3.19. The standard InChI is InChI=1S/C12H23N3S/c1-3-11(14)12(16)15(4-2)10-7-5-9(13)6-8-10/h3,9-10H,4-8,13-14H2,1-2H3/b11-3-. The summed E-state index contributed by atoms with van der Waals surface area (Å²) >= 11 is 5.41. The second-order valence-corrected chi connectivity index (χ2v) is 4.79. The van der Waals surface area contributed by atoms with Gasteiger partial charge in [-0.1, -0.05) is 18.3 Å². The van der Waals surface area contributed by atoms with Gasteiger partial charge in [0.15, 0.2) is 0 Å². The molecule has 4 heteroatoms. The largest absolute Gasteiger partial charge is 0.397 e. The Hall–Kier alpha value is -0.610. The van der Waals surface area contributed by atoms with Crippen molar-refractivity contribution < 1.29 is 0 Å². The molecule has 1 rings (SSSR count). The van der Waals surface area contributed by atoms with Crippen LogP contribution in [0.25, 0.3) is 0 Å². The Morgan fingerprint density at radius 1 is 1.38 bits per heavy atom. The number of likely N-dealkylation sites (N-methyl/N-ethyl adjacent to an activating group) is 1. The van der Waals surface area contributed by atoms with Crippen LogP contribution < -0.4 is 11.5 Å². The minimum Gasteiger partial charge on any atom is -0.397 e. The molecule has 1 fully saturated rings. The van der Waals surface area contributed by atoms with E-state index in [1.165, 1.54) is 0 Å². The van der Waals surface area contributed by atoms with E-state index in [0.717, 1.165) is 37.2 Å². The molecule has 1 aliphatic carbocycles. The van der Waals surface area contributed by atoms with Crippen molar-refractivity contribution in [3.8, 4) is 0 Å². The third-order valence-corrected chi connectivity index (χ3v) is 3.81. The van der Waals surface area contributed by atoms with Crippen LogP contribution in [0.4, 0.5) is 0 Å². The molecule has 0 saturated heterocycles. The Balaban J connectivity index is 2.64. The molecule has 1 aliphatic rings. The molecule has 0 amide bonds. The summed E-state index contributed by atoms with van der Waals surface area (Å²) in [5.41, 5.74) is 12.5. The summed E-state index contributed by atoms with van der Waals surface area (Å²) in [6, 6.07) is 0.901. The molecule has 0 aromatic carbocycles. The second-order valence-electron chi connectivity index (χ2n) is 4.40. The van der Waals surface area contributed by atoms with Crippen LogP contribution in [0, 0.1) is 0 Å². The molecule has 16 heavy (non-hydrogen) atoms. The number of allylic oxidation sites excluding steroid dienone is 1. The first-order valence-electron chi connectivity index (χ1n) is 6.08. The lowest BCUT2D eigenvalue weighted by Gasteiger charge is -2.37. The maximum atomic E-state index is 5.91. The summed E-state index contributed by atoms with van der Waals surface area (Å²) in [5.74, 6) is 0. The van der Waals surface area contributed by atoms with Crippen LogP contribution in [-0.2, 0) is 0 Å². The van der Waals surface area contributed by atoms with Crippen molar-refractivity contribution in [2.75, 3.05) is 6.54 Å². The van der Waals surface area contributed by atoms with Crippen molar-refractivity contribution in [3.05, 3.63) is 11.8 Å². The van der Waals surface area contributed by atoms with Gasteiger partial charge in [-0.25, -0.2) is 0 Å². The van der Waals surface area contributed by atoms with E-state index in [2.05, 4.69) is 11.8 Å². The van der Waals surface area contributed by atoms with Gasteiger partial charge in [-0.15, -0.1) is 0 Å². The zero-order chi connectivity index (χ0) is 12.1. The fourth-order valence-corrected chi connectivity index (χ4v) is 2.67. The van der Waals surface area contributed by atoms with Crippen LogP contribution in [-0.4, -0.2) is 28.5 Å². The zero-order valence-electron chi connectivity index (χ0n) is 10.3. The number of rotatable bonds is 3. The van der Waals surface area contributed by atoms with Gasteiger partial charge in [0.2, 0.25) is 0 Å². The summed E-state index contributed by atoms with van der Waals surface area (Å²) in [7, 11) is 0. The van der Waals surface area contributed by atoms with Crippen molar-refractivity contribution in [1.29, 1.82) is 0 Å². The number of nitrogens with zero attached hydrogens (tertiary/aromatic N) is 1. The third-order valence-electron chi connectivity index (χ3n) is 3.34. The average Bonchev–Trinajstić information content (AvgIpc) is 2.31. The lowest BCUT2D eigenvalue weighted by molar-refractivity contribution is 0.241. The van der Waals surface area contributed by atoms with E-state index in [0.29, 0.717) is 17.8 Å². The highest BCUT2D eigenvalue weighted by Gasteiger charge is 2.25. The zero-order valence-corrected chi connectivity index (χ0v) is 11.1. The van der Waals surface area contributed by atoms with Crippen LogP contribution >= 0.6 is 12.2 Å². The minimum absolute atomic E-state index is 0.377. The lowest BCUT2D eigenvalue weighted by Crippen LogP contribution is -2.44. The van der Waals surface area contributed by atoms with Crippen molar-refractivity contribution in [2.24, 2.45) is 11.5 Å². The van der Waals surface area contributed by atoms with Crippen molar-refractivity contribution in [1.82, 2.24) is 4.90 Å². The molecule has 4 N–H and O–H groups in total. The minimum atomic E-state index is 0.377.